The van der Waals surface area contributed by atoms with Crippen molar-refractivity contribution in [1.82, 2.24) is 0 Å². The third-order valence-corrected chi connectivity index (χ3v) is 4.79. The molecule has 0 spiro atoms. The number of hydrogen-bond acceptors (Lipinski definition) is 5. The first-order chi connectivity index (χ1) is 10.1. The van der Waals surface area contributed by atoms with Crippen LogP contribution in [0.4, 0.5) is 0 Å². The Morgan fingerprint density at radius 3 is 2.14 bits per heavy atom. The molecule has 1 aromatic carbocycles. The van der Waals surface area contributed by atoms with E-state index in [0.29, 0.717) is 30.0 Å². The maximum atomic E-state index is 12.9. The smallest absolute Gasteiger partial charge is 0.379 e. The molecule has 120 valence electrons. The van der Waals surface area contributed by atoms with E-state index in [2.05, 4.69) is 0 Å². The summed E-state index contributed by atoms with van der Waals surface area (Å²) < 4.78 is 34.6. The monoisotopic (exact) mass is 316 g/mol. The molecule has 1 unspecified atom stereocenters. The van der Waals surface area contributed by atoms with Gasteiger partial charge in [0.15, 0.2) is 11.5 Å². The molecule has 0 amide bonds. The molecule has 1 rings (SSSR count). The highest BCUT2D eigenvalue weighted by Crippen LogP contribution is 2.53. The lowest BCUT2D eigenvalue weighted by Crippen LogP contribution is -2.05. The quantitative estimate of drug-likeness (QED) is 0.595. The number of hydrogen-bond donors (Lipinski definition) is 0. The Balaban J connectivity index is 3.04. The van der Waals surface area contributed by atoms with Crippen molar-refractivity contribution in [1.29, 1.82) is 0 Å². The highest BCUT2D eigenvalue weighted by molar-refractivity contribution is 7.54. The minimum atomic E-state index is -3.21. The maximum absolute atomic E-state index is 12.9. The van der Waals surface area contributed by atoms with Crippen LogP contribution in [0.1, 0.15) is 33.1 Å². The molecule has 0 aliphatic carbocycles. The first-order valence-electron chi connectivity index (χ1n) is 7.24. The fraction of sp³-hybridized carbons (Fsp3) is 0.600. The Morgan fingerprint density at radius 1 is 1.05 bits per heavy atom. The lowest BCUT2D eigenvalue weighted by atomic mass is 10.3. The summed E-state index contributed by atoms with van der Waals surface area (Å²) in [6, 6.07) is 5.26. The van der Waals surface area contributed by atoms with Crippen molar-refractivity contribution < 1.29 is 23.1 Å². The van der Waals surface area contributed by atoms with E-state index in [-0.39, 0.29) is 0 Å². The first kappa shape index (κ1) is 17.9. The van der Waals surface area contributed by atoms with Crippen LogP contribution in [0.15, 0.2) is 18.2 Å². The van der Waals surface area contributed by atoms with Crippen molar-refractivity contribution >= 4 is 7.60 Å². The molecule has 6 heteroatoms. The molecule has 0 fully saturated rings. The van der Waals surface area contributed by atoms with Gasteiger partial charge in [-0.25, -0.2) is 4.57 Å². The second-order valence-corrected chi connectivity index (χ2v) is 6.71. The highest BCUT2D eigenvalue weighted by atomic mass is 31.2. The summed E-state index contributed by atoms with van der Waals surface area (Å²) >= 11 is 0. The third-order valence-electron chi connectivity index (χ3n) is 2.89. The molecule has 21 heavy (non-hydrogen) atoms. The van der Waals surface area contributed by atoms with Gasteiger partial charge in [-0.15, -0.1) is 0 Å². The number of para-hydroxylation sites is 1. The predicted octanol–water partition coefficient (Wildman–Crippen LogP) is 4.50. The number of ether oxygens (including phenoxy) is 2. The van der Waals surface area contributed by atoms with Crippen LogP contribution >= 0.6 is 7.60 Å². The lowest BCUT2D eigenvalue weighted by molar-refractivity contribution is 0.256. The van der Waals surface area contributed by atoms with Gasteiger partial charge in [0, 0.05) is 0 Å². The van der Waals surface area contributed by atoms with Crippen molar-refractivity contribution in [2.75, 3.05) is 27.0 Å². The largest absolute Gasteiger partial charge is 0.493 e. The minimum absolute atomic E-state index is 0.332. The average molecular weight is 316 g/mol. The molecule has 0 aliphatic rings. The highest BCUT2D eigenvalue weighted by Gasteiger charge is 2.28. The van der Waals surface area contributed by atoms with Crippen molar-refractivity contribution in [2.45, 2.75) is 33.1 Å². The van der Waals surface area contributed by atoms with Gasteiger partial charge in [-0.1, -0.05) is 26.3 Å². The van der Waals surface area contributed by atoms with Gasteiger partial charge in [-0.2, -0.15) is 0 Å². The minimum Gasteiger partial charge on any atom is -0.493 e. The topological polar surface area (TPSA) is 54.0 Å². The average Bonchev–Trinajstić information content (AvgIpc) is 2.51. The van der Waals surface area contributed by atoms with Gasteiger partial charge in [0.25, 0.3) is 0 Å². The summed E-state index contributed by atoms with van der Waals surface area (Å²) in [7, 11) is -0.148. The molecule has 0 N–H and O–H groups in total. The summed E-state index contributed by atoms with van der Waals surface area (Å²) in [5, 5.41) is 0. The van der Waals surface area contributed by atoms with E-state index >= 15 is 0 Å². The number of unbranched alkanes of at least 4 members (excludes halogenated alkanes) is 1. The van der Waals surface area contributed by atoms with Crippen LogP contribution in [0.25, 0.3) is 0 Å². The van der Waals surface area contributed by atoms with Gasteiger partial charge >= 0.3 is 7.60 Å². The zero-order valence-electron chi connectivity index (χ0n) is 13.3. The second-order valence-electron chi connectivity index (χ2n) is 4.60. The van der Waals surface area contributed by atoms with E-state index < -0.39 is 7.60 Å². The summed E-state index contributed by atoms with van der Waals surface area (Å²) in [5.41, 5.74) is 0. The Kier molecular flexibility index (Phi) is 7.62. The number of methoxy groups -OCH3 is 2. The third kappa shape index (κ3) is 5.25. The summed E-state index contributed by atoms with van der Waals surface area (Å²) in [6.45, 7) is 4.40. The van der Waals surface area contributed by atoms with Gasteiger partial charge in [0.05, 0.1) is 27.0 Å². The van der Waals surface area contributed by atoms with E-state index in [1.807, 2.05) is 13.8 Å². The first-order valence-corrected chi connectivity index (χ1v) is 8.97. The second kappa shape index (κ2) is 8.96. The van der Waals surface area contributed by atoms with E-state index in [1.54, 1.807) is 18.2 Å². The van der Waals surface area contributed by atoms with Crippen LogP contribution in [-0.4, -0.2) is 27.0 Å². The molecule has 0 saturated heterocycles. The van der Waals surface area contributed by atoms with Crippen LogP contribution in [0.5, 0.6) is 17.2 Å². The normalized spacial score (nSPS) is 13.5. The molecular weight excluding hydrogens is 291 g/mol. The molecule has 0 heterocycles. The Labute approximate surface area is 127 Å². The Hall–Kier alpha value is -1.19. The van der Waals surface area contributed by atoms with Crippen molar-refractivity contribution in [3.8, 4) is 17.2 Å². The SMILES string of the molecule is CCCCP(=O)(OCCC)Oc1c(OC)cccc1OC. The van der Waals surface area contributed by atoms with Crippen LogP contribution < -0.4 is 14.0 Å². The van der Waals surface area contributed by atoms with Crippen LogP contribution in [0.3, 0.4) is 0 Å². The van der Waals surface area contributed by atoms with E-state index in [1.165, 1.54) is 14.2 Å². The molecular formula is C15H25O5P. The molecule has 0 radical (unpaired) electrons. The number of benzene rings is 1. The molecule has 0 bridgehead atoms. The zero-order valence-corrected chi connectivity index (χ0v) is 14.2. The molecule has 5 nitrogen and oxygen atoms in total. The molecule has 0 aliphatic heterocycles. The van der Waals surface area contributed by atoms with E-state index in [9.17, 15) is 4.57 Å². The molecule has 0 saturated carbocycles. The Morgan fingerprint density at radius 2 is 1.67 bits per heavy atom. The van der Waals surface area contributed by atoms with Crippen LogP contribution in [-0.2, 0) is 9.09 Å². The van der Waals surface area contributed by atoms with Crippen LogP contribution in [0.2, 0.25) is 0 Å². The predicted molar refractivity (Wildman–Crippen MR) is 83.8 cm³/mol. The van der Waals surface area contributed by atoms with Gasteiger partial charge in [0.2, 0.25) is 5.75 Å². The number of rotatable bonds is 10. The fourth-order valence-corrected chi connectivity index (χ4v) is 3.66. The fourth-order valence-electron chi connectivity index (χ4n) is 1.76. The van der Waals surface area contributed by atoms with Gasteiger partial charge < -0.3 is 14.0 Å². The van der Waals surface area contributed by atoms with Gasteiger partial charge in [-0.3, -0.25) is 4.52 Å². The lowest BCUT2D eigenvalue weighted by Gasteiger charge is -2.21. The van der Waals surface area contributed by atoms with E-state index in [0.717, 1.165) is 19.3 Å². The molecule has 1 atom stereocenters. The standard InChI is InChI=1S/C15H25O5P/c1-5-7-12-21(16,19-11-6-2)20-15-13(17-3)9-8-10-14(15)18-4/h8-10H,5-7,11-12H2,1-4H3. The summed E-state index contributed by atoms with van der Waals surface area (Å²) in [4.78, 5) is 0. The maximum Gasteiger partial charge on any atom is 0.379 e. The van der Waals surface area contributed by atoms with E-state index in [4.69, 9.17) is 18.5 Å². The summed E-state index contributed by atoms with van der Waals surface area (Å²) in [6.07, 6.45) is 2.86. The van der Waals surface area contributed by atoms with Gasteiger partial charge in [-0.05, 0) is 25.0 Å². The molecule has 1 aromatic rings. The molecule has 0 aromatic heterocycles. The van der Waals surface area contributed by atoms with Crippen LogP contribution in [0, 0.1) is 0 Å². The Bertz CT molecular complexity index is 441. The van der Waals surface area contributed by atoms with Crippen molar-refractivity contribution in [3.63, 3.8) is 0 Å². The van der Waals surface area contributed by atoms with Crippen molar-refractivity contribution in [2.24, 2.45) is 0 Å². The zero-order chi connectivity index (χ0) is 15.7. The summed E-state index contributed by atoms with van der Waals surface area (Å²) in [5.74, 6) is 1.29. The van der Waals surface area contributed by atoms with Crippen molar-refractivity contribution in [3.05, 3.63) is 18.2 Å². The van der Waals surface area contributed by atoms with Gasteiger partial charge in [0.1, 0.15) is 0 Å².